The molecule has 3 heterocycles. The van der Waals surface area contributed by atoms with Crippen molar-refractivity contribution in [2.75, 3.05) is 65.6 Å². The fraction of sp³-hybridized carbons (Fsp3) is 0.452. The molecule has 9 heteroatoms. The average molecular weight is 547 g/mol. The van der Waals surface area contributed by atoms with Gasteiger partial charge in [0.05, 0.1) is 6.61 Å². The molecule has 1 amide bonds. The lowest BCUT2D eigenvalue weighted by Gasteiger charge is -2.37. The maximum absolute atomic E-state index is 13.2. The summed E-state index contributed by atoms with van der Waals surface area (Å²) < 4.78 is 12.1. The predicted molar refractivity (Wildman–Crippen MR) is 159 cm³/mol. The molecular formula is C31H42N6O3. The van der Waals surface area contributed by atoms with Gasteiger partial charge in [0, 0.05) is 95.2 Å². The first kappa shape index (κ1) is 29.5. The van der Waals surface area contributed by atoms with Crippen LogP contribution in [0, 0.1) is 11.8 Å². The summed E-state index contributed by atoms with van der Waals surface area (Å²) >= 11 is 0. The van der Waals surface area contributed by atoms with Crippen LogP contribution in [0.25, 0.3) is 0 Å². The largest absolute Gasteiger partial charge is 0.493 e. The maximum atomic E-state index is 13.2. The van der Waals surface area contributed by atoms with Gasteiger partial charge in [0.15, 0.2) is 0 Å². The molecule has 0 saturated carbocycles. The summed E-state index contributed by atoms with van der Waals surface area (Å²) in [5.74, 6) is 2.43. The zero-order valence-corrected chi connectivity index (χ0v) is 23.5. The average Bonchev–Trinajstić information content (AvgIpc) is 2.91. The lowest BCUT2D eigenvalue weighted by molar-refractivity contribution is 0.0939. The van der Waals surface area contributed by atoms with Crippen molar-refractivity contribution in [3.8, 4) is 11.5 Å². The van der Waals surface area contributed by atoms with Crippen LogP contribution in [0.5, 0.6) is 11.5 Å². The number of hydrogen-bond acceptors (Lipinski definition) is 8. The predicted octanol–water partition coefficient (Wildman–Crippen LogP) is 2.71. The highest BCUT2D eigenvalue weighted by Crippen LogP contribution is 2.24. The Balaban J connectivity index is 1.36. The number of aliphatic imine (C=N–C) groups is 1. The molecule has 2 aliphatic rings. The van der Waals surface area contributed by atoms with E-state index in [1.54, 1.807) is 43.0 Å². The Bertz CT molecular complexity index is 1130. The second-order valence-corrected chi connectivity index (χ2v) is 10.5. The first-order valence-corrected chi connectivity index (χ1v) is 14.1. The highest BCUT2D eigenvalue weighted by molar-refractivity contribution is 5.95. The molecule has 0 spiro atoms. The molecule has 0 aliphatic carbocycles. The Morgan fingerprint density at radius 1 is 1.10 bits per heavy atom. The minimum Gasteiger partial charge on any atom is -0.493 e. The fourth-order valence-corrected chi connectivity index (χ4v) is 4.54. The summed E-state index contributed by atoms with van der Waals surface area (Å²) in [5, 5.41) is 9.83. The molecule has 0 unspecified atom stereocenters. The number of hydrogen-bond donors (Lipinski definition) is 3. The molecule has 0 bridgehead atoms. The van der Waals surface area contributed by atoms with E-state index in [1.165, 1.54) is 0 Å². The number of benzene rings is 1. The minimum absolute atomic E-state index is 0.136. The summed E-state index contributed by atoms with van der Waals surface area (Å²) in [5.41, 5.74) is 2.60. The number of pyridine rings is 1. The first-order chi connectivity index (χ1) is 19.6. The van der Waals surface area contributed by atoms with E-state index in [9.17, 15) is 4.79 Å². The van der Waals surface area contributed by atoms with E-state index in [2.05, 4.69) is 37.4 Å². The number of nitrogens with zero attached hydrogens (tertiary/aromatic N) is 3. The van der Waals surface area contributed by atoms with Crippen molar-refractivity contribution in [3.63, 3.8) is 0 Å². The van der Waals surface area contributed by atoms with Crippen LogP contribution in [0.3, 0.4) is 0 Å². The first-order valence-electron chi connectivity index (χ1n) is 14.1. The maximum Gasteiger partial charge on any atom is 0.251 e. The molecule has 0 radical (unpaired) electrons. The normalized spacial score (nSPS) is 16.0. The van der Waals surface area contributed by atoms with Gasteiger partial charge in [0.1, 0.15) is 18.1 Å². The molecule has 1 aromatic carbocycles. The summed E-state index contributed by atoms with van der Waals surface area (Å²) in [6, 6.07) is 9.31. The molecule has 2 aliphatic heterocycles. The number of aromatic nitrogens is 1. The van der Waals surface area contributed by atoms with Crippen molar-refractivity contribution in [2.45, 2.75) is 13.3 Å². The van der Waals surface area contributed by atoms with E-state index >= 15 is 0 Å². The van der Waals surface area contributed by atoms with Crippen LogP contribution in [0.15, 0.2) is 72.1 Å². The van der Waals surface area contributed by atoms with Crippen LogP contribution in [-0.2, 0) is 6.42 Å². The number of nitrogens with one attached hydrogen (secondary N) is 3. The van der Waals surface area contributed by atoms with Crippen molar-refractivity contribution in [2.24, 2.45) is 16.8 Å². The van der Waals surface area contributed by atoms with Gasteiger partial charge in [-0.05, 0) is 54.2 Å². The third-order valence-electron chi connectivity index (χ3n) is 6.98. The van der Waals surface area contributed by atoms with Gasteiger partial charge in [-0.25, -0.2) is 0 Å². The zero-order chi connectivity index (χ0) is 28.0. The van der Waals surface area contributed by atoms with Gasteiger partial charge >= 0.3 is 0 Å². The summed E-state index contributed by atoms with van der Waals surface area (Å²) in [6.07, 6.45) is 9.26. The number of amides is 1. The standard InChI is InChI=1S/C31H42N6O3/c1-3-7-33-16-24(2)23-40-30-14-28(13-29(15-30)39-12-6-25-4-8-32-9-5-25)31(38)36-10-11-37(21-26-17-34-18-26)22-27-19-35-20-27/h3-5,7-9,13-16,26-27,34-35H,1,6,10-12,17-23H2,2H3,(H,36,38)/b24-16+,33-7-. The van der Waals surface area contributed by atoms with Crippen molar-refractivity contribution in [1.82, 2.24) is 25.8 Å². The monoisotopic (exact) mass is 546 g/mol. The molecule has 0 atom stereocenters. The Morgan fingerprint density at radius 2 is 1.77 bits per heavy atom. The number of carbonyl (C=O) groups excluding carboxylic acids is 1. The number of ether oxygens (including phenoxy) is 2. The summed E-state index contributed by atoms with van der Waals surface area (Å²) in [6.45, 7) is 14.3. The molecule has 214 valence electrons. The molecule has 9 nitrogen and oxygen atoms in total. The van der Waals surface area contributed by atoms with Crippen molar-refractivity contribution in [3.05, 3.63) is 78.3 Å². The van der Waals surface area contributed by atoms with Crippen molar-refractivity contribution < 1.29 is 14.3 Å². The molecule has 40 heavy (non-hydrogen) atoms. The van der Waals surface area contributed by atoms with Gasteiger partial charge in [-0.3, -0.25) is 14.8 Å². The molecule has 2 saturated heterocycles. The van der Waals surface area contributed by atoms with Crippen LogP contribution < -0.4 is 25.4 Å². The van der Waals surface area contributed by atoms with Crippen molar-refractivity contribution in [1.29, 1.82) is 0 Å². The van der Waals surface area contributed by atoms with Gasteiger partial charge in [-0.15, -0.1) is 0 Å². The van der Waals surface area contributed by atoms with E-state index in [-0.39, 0.29) is 5.91 Å². The van der Waals surface area contributed by atoms with E-state index in [1.807, 2.05) is 25.1 Å². The molecular weight excluding hydrogens is 504 g/mol. The van der Waals surface area contributed by atoms with Crippen LogP contribution in [0.4, 0.5) is 0 Å². The SMILES string of the molecule is C=C/C=N\C=C(/C)COc1cc(OCCc2ccncc2)cc(C(=O)NCCN(CC2CNC2)CC2CNC2)c1. The Hall–Kier alpha value is -3.53. The van der Waals surface area contributed by atoms with E-state index in [0.29, 0.717) is 48.7 Å². The number of allylic oxidation sites excluding steroid dienone is 1. The van der Waals surface area contributed by atoms with E-state index in [0.717, 1.165) is 63.4 Å². The second kappa shape index (κ2) is 15.9. The highest BCUT2D eigenvalue weighted by atomic mass is 16.5. The van der Waals surface area contributed by atoms with Gasteiger partial charge < -0.3 is 30.3 Å². The third-order valence-corrected chi connectivity index (χ3v) is 6.98. The number of carbonyl (C=O) groups is 1. The van der Waals surface area contributed by atoms with Crippen molar-refractivity contribution >= 4 is 12.1 Å². The highest BCUT2D eigenvalue weighted by Gasteiger charge is 2.24. The summed E-state index contributed by atoms with van der Waals surface area (Å²) in [7, 11) is 0. The number of rotatable bonds is 17. The minimum atomic E-state index is -0.136. The van der Waals surface area contributed by atoms with Crippen LogP contribution in [0.2, 0.25) is 0 Å². The molecule has 2 aromatic rings. The van der Waals surface area contributed by atoms with Gasteiger partial charge in [-0.2, -0.15) is 0 Å². The van der Waals surface area contributed by atoms with Crippen LogP contribution >= 0.6 is 0 Å². The Labute approximate surface area is 237 Å². The van der Waals surface area contributed by atoms with E-state index < -0.39 is 0 Å². The fourth-order valence-electron chi connectivity index (χ4n) is 4.54. The topological polar surface area (TPSA) is 100 Å². The molecule has 3 N–H and O–H groups in total. The quantitative estimate of drug-likeness (QED) is 0.262. The van der Waals surface area contributed by atoms with E-state index in [4.69, 9.17) is 9.47 Å². The Kier molecular flexibility index (Phi) is 11.7. The second-order valence-electron chi connectivity index (χ2n) is 10.5. The van der Waals surface area contributed by atoms with Gasteiger partial charge in [0.2, 0.25) is 0 Å². The van der Waals surface area contributed by atoms with Gasteiger partial charge in [-0.1, -0.05) is 12.7 Å². The lowest BCUT2D eigenvalue weighted by Crippen LogP contribution is -2.53. The van der Waals surface area contributed by atoms with Crippen LogP contribution in [0.1, 0.15) is 22.8 Å². The van der Waals surface area contributed by atoms with Gasteiger partial charge in [0.25, 0.3) is 5.91 Å². The third kappa shape index (κ3) is 9.89. The molecule has 2 fully saturated rings. The lowest BCUT2D eigenvalue weighted by atomic mass is 9.99. The molecule has 4 rings (SSSR count). The zero-order valence-electron chi connectivity index (χ0n) is 23.5. The summed E-state index contributed by atoms with van der Waals surface area (Å²) in [4.78, 5) is 23.9. The Morgan fingerprint density at radius 3 is 2.40 bits per heavy atom. The molecule has 1 aromatic heterocycles. The van der Waals surface area contributed by atoms with Crippen LogP contribution in [-0.4, -0.2) is 87.6 Å². The smallest absolute Gasteiger partial charge is 0.251 e.